The summed E-state index contributed by atoms with van der Waals surface area (Å²) in [5.41, 5.74) is 7.98. The smallest absolute Gasteiger partial charge is 0.0369 e. The van der Waals surface area contributed by atoms with Crippen LogP contribution in [-0.4, -0.2) is 13.1 Å². The third-order valence-electron chi connectivity index (χ3n) is 5.39. The van der Waals surface area contributed by atoms with Crippen LogP contribution in [0.1, 0.15) is 57.7 Å². The highest BCUT2D eigenvalue weighted by Gasteiger charge is 2.11. The van der Waals surface area contributed by atoms with Gasteiger partial charge in [-0.15, -0.1) is 0 Å². The van der Waals surface area contributed by atoms with E-state index in [-0.39, 0.29) is 0 Å². The van der Waals surface area contributed by atoms with Crippen molar-refractivity contribution >= 4 is 17.3 Å². The minimum absolute atomic E-state index is 1.04. The summed E-state index contributed by atoms with van der Waals surface area (Å²) in [6.07, 6.45) is 5.57. The first kappa shape index (κ1) is 21.0. The molecule has 1 nitrogen and oxygen atoms in total. The monoisotopic (exact) mass is 361 g/mol. The SMILES string of the molecule is C/C=C(C)/C(c1ccc(N(CC)CC)cc1C)=c1\cc/c(=C/CC)cc1C. The van der Waals surface area contributed by atoms with Gasteiger partial charge in [-0.05, 0) is 98.4 Å². The molecule has 0 aliphatic rings. The Morgan fingerprint density at radius 3 is 2.15 bits per heavy atom. The Balaban J connectivity index is 2.75. The summed E-state index contributed by atoms with van der Waals surface area (Å²) in [6, 6.07) is 13.7. The number of aryl methyl sites for hydroxylation is 2. The number of anilines is 1. The van der Waals surface area contributed by atoms with Crippen molar-refractivity contribution in [2.75, 3.05) is 18.0 Å². The Bertz CT molecular complexity index is 927. The largest absolute Gasteiger partial charge is 0.372 e. The van der Waals surface area contributed by atoms with Gasteiger partial charge in [0.25, 0.3) is 0 Å². The van der Waals surface area contributed by atoms with Crippen molar-refractivity contribution in [3.8, 4) is 0 Å². The van der Waals surface area contributed by atoms with E-state index in [0.29, 0.717) is 0 Å². The average molecular weight is 362 g/mol. The lowest BCUT2D eigenvalue weighted by atomic mass is 9.91. The van der Waals surface area contributed by atoms with Crippen molar-refractivity contribution in [2.45, 2.75) is 54.9 Å². The summed E-state index contributed by atoms with van der Waals surface area (Å²) in [7, 11) is 0. The van der Waals surface area contributed by atoms with Gasteiger partial charge in [-0.2, -0.15) is 0 Å². The molecule has 0 unspecified atom stereocenters. The van der Waals surface area contributed by atoms with E-state index in [1.54, 1.807) is 0 Å². The maximum Gasteiger partial charge on any atom is 0.0369 e. The molecule has 0 amide bonds. The molecule has 2 aromatic rings. The van der Waals surface area contributed by atoms with E-state index in [2.05, 4.69) is 102 Å². The quantitative estimate of drug-likeness (QED) is 0.656. The molecule has 0 spiro atoms. The van der Waals surface area contributed by atoms with Crippen molar-refractivity contribution in [3.05, 3.63) is 75.2 Å². The maximum absolute atomic E-state index is 2.40. The first-order chi connectivity index (χ1) is 13.0. The second kappa shape index (κ2) is 9.60. The van der Waals surface area contributed by atoms with Gasteiger partial charge in [0.2, 0.25) is 0 Å². The van der Waals surface area contributed by atoms with E-state index >= 15 is 0 Å². The molecule has 144 valence electrons. The molecule has 2 rings (SSSR count). The van der Waals surface area contributed by atoms with Gasteiger partial charge in [0, 0.05) is 18.8 Å². The Morgan fingerprint density at radius 1 is 0.926 bits per heavy atom. The standard InChI is InChI=1S/C26H35N/c1-8-12-22-13-15-24(20(6)17-22)26(19(5)9-2)25-16-14-23(18-21(25)7)27(10-3)11-4/h9,12-18H,8,10-11H2,1-7H3/b19-9+,22-12-,26-24-. The fraction of sp³-hybridized carbons (Fsp3) is 0.385. The summed E-state index contributed by atoms with van der Waals surface area (Å²) >= 11 is 0. The molecule has 2 aromatic carbocycles. The number of hydrogen-bond acceptors (Lipinski definition) is 1. The van der Waals surface area contributed by atoms with Crippen LogP contribution in [0.5, 0.6) is 0 Å². The zero-order chi connectivity index (χ0) is 20.0. The maximum atomic E-state index is 2.40. The van der Waals surface area contributed by atoms with Gasteiger partial charge in [-0.3, -0.25) is 0 Å². The van der Waals surface area contributed by atoms with Crippen LogP contribution in [0.25, 0.3) is 11.6 Å². The van der Waals surface area contributed by atoms with Gasteiger partial charge in [-0.1, -0.05) is 43.3 Å². The fourth-order valence-electron chi connectivity index (χ4n) is 3.76. The first-order valence-corrected chi connectivity index (χ1v) is 10.3. The highest BCUT2D eigenvalue weighted by molar-refractivity contribution is 5.81. The van der Waals surface area contributed by atoms with Crippen LogP contribution in [-0.2, 0) is 0 Å². The predicted octanol–water partition coefficient (Wildman–Crippen LogP) is 5.51. The van der Waals surface area contributed by atoms with Crippen molar-refractivity contribution < 1.29 is 0 Å². The van der Waals surface area contributed by atoms with Crippen molar-refractivity contribution in [1.29, 1.82) is 0 Å². The second-order valence-corrected chi connectivity index (χ2v) is 7.20. The zero-order valence-electron chi connectivity index (χ0n) is 18.2. The van der Waals surface area contributed by atoms with E-state index in [0.717, 1.165) is 19.5 Å². The predicted molar refractivity (Wildman–Crippen MR) is 122 cm³/mol. The number of hydrogen-bond donors (Lipinski definition) is 0. The second-order valence-electron chi connectivity index (χ2n) is 7.20. The summed E-state index contributed by atoms with van der Waals surface area (Å²) in [5.74, 6) is 0. The molecule has 1 heteroatoms. The highest BCUT2D eigenvalue weighted by Crippen LogP contribution is 2.27. The minimum atomic E-state index is 1.04. The van der Waals surface area contributed by atoms with Crippen LogP contribution >= 0.6 is 0 Å². The fourth-order valence-corrected chi connectivity index (χ4v) is 3.76. The van der Waals surface area contributed by atoms with E-state index < -0.39 is 0 Å². The molecule has 0 aliphatic carbocycles. The first-order valence-electron chi connectivity index (χ1n) is 10.3. The van der Waals surface area contributed by atoms with Gasteiger partial charge >= 0.3 is 0 Å². The lowest BCUT2D eigenvalue weighted by Gasteiger charge is -2.23. The highest BCUT2D eigenvalue weighted by atomic mass is 15.1. The van der Waals surface area contributed by atoms with Gasteiger partial charge in [0.1, 0.15) is 0 Å². The number of rotatable bonds is 6. The normalized spacial score (nSPS) is 13.7. The minimum Gasteiger partial charge on any atom is -0.372 e. The molecule has 0 heterocycles. The molecule has 0 fully saturated rings. The van der Waals surface area contributed by atoms with Crippen molar-refractivity contribution in [3.63, 3.8) is 0 Å². The van der Waals surface area contributed by atoms with E-state index in [1.807, 2.05) is 0 Å². The number of benzene rings is 2. The molecule has 0 N–H and O–H groups in total. The lowest BCUT2D eigenvalue weighted by molar-refractivity contribution is 0.865. The van der Waals surface area contributed by atoms with Crippen LogP contribution in [0.2, 0.25) is 0 Å². The van der Waals surface area contributed by atoms with Crippen LogP contribution in [0.3, 0.4) is 0 Å². The average Bonchev–Trinajstić information content (AvgIpc) is 2.66. The van der Waals surface area contributed by atoms with Crippen LogP contribution in [0.15, 0.2) is 48.0 Å². The van der Waals surface area contributed by atoms with Crippen molar-refractivity contribution in [1.82, 2.24) is 0 Å². The van der Waals surface area contributed by atoms with Gasteiger partial charge in [0.15, 0.2) is 0 Å². The van der Waals surface area contributed by atoms with E-state index in [9.17, 15) is 0 Å². The van der Waals surface area contributed by atoms with Crippen molar-refractivity contribution in [2.24, 2.45) is 0 Å². The number of nitrogens with zero attached hydrogens (tertiary/aromatic N) is 1. The molecular weight excluding hydrogens is 326 g/mol. The van der Waals surface area contributed by atoms with Gasteiger partial charge in [0.05, 0.1) is 0 Å². The van der Waals surface area contributed by atoms with Gasteiger partial charge in [-0.25, -0.2) is 0 Å². The molecule has 0 atom stereocenters. The Labute approximate surface area is 165 Å². The molecule has 0 bridgehead atoms. The van der Waals surface area contributed by atoms with Gasteiger partial charge < -0.3 is 4.90 Å². The van der Waals surface area contributed by atoms with E-state index in [4.69, 9.17) is 0 Å². The summed E-state index contributed by atoms with van der Waals surface area (Å²) < 4.78 is 0. The lowest BCUT2D eigenvalue weighted by Crippen LogP contribution is -2.22. The molecule has 0 saturated heterocycles. The molecule has 0 aromatic heterocycles. The molecular formula is C26H35N. The zero-order valence-corrected chi connectivity index (χ0v) is 18.2. The van der Waals surface area contributed by atoms with Crippen LogP contribution in [0.4, 0.5) is 5.69 Å². The summed E-state index contributed by atoms with van der Waals surface area (Å²) in [4.78, 5) is 2.40. The van der Waals surface area contributed by atoms with Crippen LogP contribution in [0, 0.1) is 13.8 Å². The molecule has 0 saturated carbocycles. The summed E-state index contributed by atoms with van der Waals surface area (Å²) in [6.45, 7) is 17.5. The van der Waals surface area contributed by atoms with Crippen LogP contribution < -0.4 is 15.3 Å². The third-order valence-corrected chi connectivity index (χ3v) is 5.39. The molecule has 0 radical (unpaired) electrons. The number of allylic oxidation sites excluding steroid dienone is 2. The Morgan fingerprint density at radius 2 is 1.63 bits per heavy atom. The molecule has 27 heavy (non-hydrogen) atoms. The molecule has 0 aliphatic heterocycles. The summed E-state index contributed by atoms with van der Waals surface area (Å²) in [5, 5.41) is 2.64. The topological polar surface area (TPSA) is 3.24 Å². The third kappa shape index (κ3) is 4.71. The Hall–Kier alpha value is -2.28. The Kier molecular flexibility index (Phi) is 7.47. The van der Waals surface area contributed by atoms with E-state index in [1.165, 1.54) is 44.0 Å².